The van der Waals surface area contributed by atoms with E-state index in [-0.39, 0.29) is 17.6 Å². The van der Waals surface area contributed by atoms with Gasteiger partial charge in [0.25, 0.3) is 0 Å². The minimum Gasteiger partial charge on any atom is -0.394 e. The normalized spacial score (nSPS) is 12.6. The Morgan fingerprint density at radius 3 is 2.30 bits per heavy atom. The number of nitrogens with zero attached hydrogens (tertiary/aromatic N) is 2. The third-order valence-corrected chi connectivity index (χ3v) is 3.89. The van der Waals surface area contributed by atoms with Gasteiger partial charge in [-0.05, 0) is 19.4 Å². The van der Waals surface area contributed by atoms with E-state index in [4.69, 9.17) is 5.10 Å². The lowest BCUT2D eigenvalue weighted by Gasteiger charge is -2.24. The lowest BCUT2D eigenvalue weighted by Crippen LogP contribution is -2.42. The first-order valence-electron chi connectivity index (χ1n) is 8.18. The van der Waals surface area contributed by atoms with Crippen molar-refractivity contribution in [1.82, 2.24) is 15.1 Å². The predicted molar refractivity (Wildman–Crippen MR) is 94.5 cm³/mol. The number of rotatable bonds is 6. The molecule has 1 aromatic carbocycles. The van der Waals surface area contributed by atoms with Crippen molar-refractivity contribution in [2.45, 2.75) is 58.7 Å². The molecule has 1 heterocycles. The molecule has 2 N–H and O–H groups in total. The molecule has 0 saturated heterocycles. The monoisotopic (exact) mass is 315 g/mol. The van der Waals surface area contributed by atoms with Crippen molar-refractivity contribution in [2.24, 2.45) is 0 Å². The Labute approximate surface area is 139 Å². The van der Waals surface area contributed by atoms with Gasteiger partial charge in [-0.3, -0.25) is 4.68 Å². The van der Waals surface area contributed by atoms with Gasteiger partial charge in [0, 0.05) is 29.3 Å². The fraction of sp³-hybridized carbons (Fsp3) is 0.526. The number of hydrogen-bond donors (Lipinski definition) is 2. The van der Waals surface area contributed by atoms with E-state index in [0.717, 1.165) is 12.2 Å². The van der Waals surface area contributed by atoms with Gasteiger partial charge in [-0.1, -0.05) is 51.1 Å². The van der Waals surface area contributed by atoms with Gasteiger partial charge in [-0.2, -0.15) is 5.10 Å². The van der Waals surface area contributed by atoms with Crippen LogP contribution in [0, 0.1) is 0 Å². The van der Waals surface area contributed by atoms with Gasteiger partial charge in [-0.25, -0.2) is 0 Å². The molecule has 23 heavy (non-hydrogen) atoms. The Morgan fingerprint density at radius 2 is 1.74 bits per heavy atom. The molecule has 0 saturated carbocycles. The summed E-state index contributed by atoms with van der Waals surface area (Å²) in [5, 5.41) is 17.6. The fourth-order valence-electron chi connectivity index (χ4n) is 2.47. The molecule has 2 rings (SSSR count). The molecular formula is C19H29N3O. The summed E-state index contributed by atoms with van der Waals surface area (Å²) in [7, 11) is 0. The summed E-state index contributed by atoms with van der Waals surface area (Å²) in [6.45, 7) is 12.1. The van der Waals surface area contributed by atoms with Crippen LogP contribution in [0.5, 0.6) is 0 Å². The van der Waals surface area contributed by atoms with E-state index in [0.29, 0.717) is 6.54 Å². The smallest absolute Gasteiger partial charge is 0.0723 e. The van der Waals surface area contributed by atoms with Crippen molar-refractivity contribution in [1.29, 1.82) is 0 Å². The number of aliphatic hydroxyl groups excluding tert-OH is 1. The SMILES string of the molecule is CC(C)(CO)NCc1cn(Cc2ccccc2)nc1C(C)(C)C. The summed E-state index contributed by atoms with van der Waals surface area (Å²) in [4.78, 5) is 0. The first-order chi connectivity index (χ1) is 10.7. The van der Waals surface area contributed by atoms with Crippen molar-refractivity contribution in [3.8, 4) is 0 Å². The third kappa shape index (κ3) is 4.91. The summed E-state index contributed by atoms with van der Waals surface area (Å²) in [6.07, 6.45) is 2.12. The average Bonchev–Trinajstić information content (AvgIpc) is 2.89. The molecule has 126 valence electrons. The Hall–Kier alpha value is -1.65. The first kappa shape index (κ1) is 17.7. The van der Waals surface area contributed by atoms with Crippen LogP contribution in [0.15, 0.2) is 36.5 Å². The maximum atomic E-state index is 9.42. The van der Waals surface area contributed by atoms with Crippen molar-refractivity contribution in [3.05, 3.63) is 53.3 Å². The van der Waals surface area contributed by atoms with Crippen LogP contribution in [0.25, 0.3) is 0 Å². The second-order valence-corrected chi connectivity index (χ2v) is 7.83. The van der Waals surface area contributed by atoms with E-state index >= 15 is 0 Å². The van der Waals surface area contributed by atoms with Gasteiger partial charge in [-0.15, -0.1) is 0 Å². The third-order valence-electron chi connectivity index (χ3n) is 3.89. The zero-order valence-corrected chi connectivity index (χ0v) is 14.9. The highest BCUT2D eigenvalue weighted by atomic mass is 16.3. The molecule has 0 spiro atoms. The Bertz CT molecular complexity index is 624. The molecule has 4 nitrogen and oxygen atoms in total. The zero-order chi connectivity index (χ0) is 17.1. The van der Waals surface area contributed by atoms with E-state index in [1.54, 1.807) is 0 Å². The summed E-state index contributed by atoms with van der Waals surface area (Å²) < 4.78 is 2.01. The molecule has 0 atom stereocenters. The van der Waals surface area contributed by atoms with Gasteiger partial charge in [0.05, 0.1) is 18.8 Å². The number of hydrogen-bond acceptors (Lipinski definition) is 3. The maximum Gasteiger partial charge on any atom is 0.0723 e. The highest BCUT2D eigenvalue weighted by Gasteiger charge is 2.24. The molecule has 0 aliphatic carbocycles. The molecule has 2 aromatic rings. The molecule has 0 bridgehead atoms. The van der Waals surface area contributed by atoms with Gasteiger partial charge in [0.2, 0.25) is 0 Å². The first-order valence-corrected chi connectivity index (χ1v) is 8.18. The average molecular weight is 315 g/mol. The lowest BCUT2D eigenvalue weighted by atomic mass is 9.89. The predicted octanol–water partition coefficient (Wildman–Crippen LogP) is 3.09. The van der Waals surface area contributed by atoms with E-state index < -0.39 is 0 Å². The second-order valence-electron chi connectivity index (χ2n) is 7.83. The van der Waals surface area contributed by atoms with Crippen molar-refractivity contribution < 1.29 is 5.11 Å². The number of aromatic nitrogens is 2. The highest BCUT2D eigenvalue weighted by molar-refractivity contribution is 5.25. The molecular weight excluding hydrogens is 286 g/mol. The van der Waals surface area contributed by atoms with Crippen LogP contribution >= 0.6 is 0 Å². The zero-order valence-electron chi connectivity index (χ0n) is 14.9. The second kappa shape index (κ2) is 6.85. The van der Waals surface area contributed by atoms with Crippen LogP contribution in [-0.4, -0.2) is 27.0 Å². The summed E-state index contributed by atoms with van der Waals surface area (Å²) in [6, 6.07) is 10.4. The standard InChI is InChI=1S/C19H29N3O/c1-18(2,3)17-16(11-20-19(4,5)14-23)13-22(21-17)12-15-9-7-6-8-10-15/h6-10,13,20,23H,11-12,14H2,1-5H3. The quantitative estimate of drug-likeness (QED) is 0.861. The summed E-state index contributed by atoms with van der Waals surface area (Å²) in [5.41, 5.74) is 3.23. The van der Waals surface area contributed by atoms with E-state index in [9.17, 15) is 5.11 Å². The minimum atomic E-state index is -0.295. The summed E-state index contributed by atoms with van der Waals surface area (Å²) >= 11 is 0. The maximum absolute atomic E-state index is 9.42. The molecule has 0 aliphatic rings. The largest absolute Gasteiger partial charge is 0.394 e. The Balaban J connectivity index is 2.22. The molecule has 4 heteroatoms. The topological polar surface area (TPSA) is 50.1 Å². The van der Waals surface area contributed by atoms with Crippen molar-refractivity contribution >= 4 is 0 Å². The Kier molecular flexibility index (Phi) is 5.27. The summed E-state index contributed by atoms with van der Waals surface area (Å²) in [5.74, 6) is 0. The number of aliphatic hydroxyl groups is 1. The molecule has 0 amide bonds. The molecule has 0 unspecified atom stereocenters. The van der Waals surface area contributed by atoms with Gasteiger partial charge >= 0.3 is 0 Å². The van der Waals surface area contributed by atoms with Crippen LogP contribution in [0.4, 0.5) is 0 Å². The molecule has 0 radical (unpaired) electrons. The van der Waals surface area contributed by atoms with Crippen molar-refractivity contribution in [2.75, 3.05) is 6.61 Å². The van der Waals surface area contributed by atoms with Crippen LogP contribution in [-0.2, 0) is 18.5 Å². The van der Waals surface area contributed by atoms with Crippen LogP contribution < -0.4 is 5.32 Å². The van der Waals surface area contributed by atoms with E-state index in [1.807, 2.05) is 24.6 Å². The number of benzene rings is 1. The molecule has 1 aromatic heterocycles. The lowest BCUT2D eigenvalue weighted by molar-refractivity contribution is 0.187. The van der Waals surface area contributed by atoms with Crippen LogP contribution in [0.1, 0.15) is 51.4 Å². The van der Waals surface area contributed by atoms with Crippen LogP contribution in [0.2, 0.25) is 0 Å². The van der Waals surface area contributed by atoms with Gasteiger partial charge in [0.15, 0.2) is 0 Å². The van der Waals surface area contributed by atoms with Crippen molar-refractivity contribution in [3.63, 3.8) is 0 Å². The molecule has 0 fully saturated rings. The highest BCUT2D eigenvalue weighted by Crippen LogP contribution is 2.25. The minimum absolute atomic E-state index is 0.0116. The fourth-order valence-corrected chi connectivity index (χ4v) is 2.47. The Morgan fingerprint density at radius 1 is 1.09 bits per heavy atom. The van der Waals surface area contributed by atoms with Gasteiger partial charge in [0.1, 0.15) is 0 Å². The number of nitrogens with one attached hydrogen (secondary N) is 1. The van der Waals surface area contributed by atoms with Crippen LogP contribution in [0.3, 0.4) is 0 Å². The van der Waals surface area contributed by atoms with E-state index in [2.05, 4.69) is 56.6 Å². The van der Waals surface area contributed by atoms with Gasteiger partial charge < -0.3 is 10.4 Å². The molecule has 0 aliphatic heterocycles. The van der Waals surface area contributed by atoms with E-state index in [1.165, 1.54) is 11.1 Å².